The van der Waals surface area contributed by atoms with Crippen molar-refractivity contribution in [2.24, 2.45) is 11.3 Å². The average molecular weight is 209 g/mol. The fourth-order valence-corrected chi connectivity index (χ4v) is 1.58. The molecule has 1 rings (SSSR count). The monoisotopic (exact) mass is 209 g/mol. The molecule has 1 atom stereocenters. The van der Waals surface area contributed by atoms with Crippen LogP contribution in [0.3, 0.4) is 0 Å². The van der Waals surface area contributed by atoms with Crippen LogP contribution in [-0.4, -0.2) is 30.6 Å². The number of hydrogen-bond donors (Lipinski definition) is 1. The molecule has 0 aliphatic carbocycles. The van der Waals surface area contributed by atoms with Crippen molar-refractivity contribution in [2.45, 2.75) is 27.2 Å². The van der Waals surface area contributed by atoms with Gasteiger partial charge >= 0.3 is 6.03 Å². The summed E-state index contributed by atoms with van der Waals surface area (Å²) < 4.78 is 0. The smallest absolute Gasteiger partial charge is 0.317 e. The van der Waals surface area contributed by atoms with E-state index in [2.05, 4.69) is 11.4 Å². The predicted molar refractivity (Wildman–Crippen MR) is 58.1 cm³/mol. The van der Waals surface area contributed by atoms with E-state index in [4.69, 9.17) is 5.26 Å². The molecule has 1 N–H and O–H groups in total. The Bertz CT molecular complexity index is 275. The van der Waals surface area contributed by atoms with E-state index in [0.29, 0.717) is 6.54 Å². The molecule has 1 heterocycles. The number of hydrogen-bond acceptors (Lipinski definition) is 2. The third-order valence-corrected chi connectivity index (χ3v) is 2.77. The van der Waals surface area contributed by atoms with Gasteiger partial charge in [-0.05, 0) is 11.8 Å². The van der Waals surface area contributed by atoms with Crippen LogP contribution in [0, 0.1) is 22.7 Å². The minimum atomic E-state index is -0.110. The Labute approximate surface area is 91.2 Å². The molecule has 0 spiro atoms. The zero-order valence-corrected chi connectivity index (χ0v) is 9.71. The Kier molecular flexibility index (Phi) is 3.57. The summed E-state index contributed by atoms with van der Waals surface area (Å²) in [6, 6.07) is 2.25. The summed E-state index contributed by atoms with van der Waals surface area (Å²) >= 11 is 0. The fraction of sp³-hybridized carbons (Fsp3) is 0.818. The maximum Gasteiger partial charge on any atom is 0.317 e. The highest BCUT2D eigenvalue weighted by atomic mass is 16.2. The van der Waals surface area contributed by atoms with Crippen molar-refractivity contribution in [1.82, 2.24) is 10.2 Å². The standard InChI is InChI=1S/C11H19N3O/c1-11(2,3)9(7-12)8-14-6-4-5-13-10(14)15/h9H,4-6,8H2,1-3H3,(H,13,15)/t9-/m1/s1. The van der Waals surface area contributed by atoms with E-state index in [0.717, 1.165) is 19.5 Å². The quantitative estimate of drug-likeness (QED) is 0.750. The summed E-state index contributed by atoms with van der Waals surface area (Å²) in [5.41, 5.74) is -0.0769. The highest BCUT2D eigenvalue weighted by Gasteiger charge is 2.29. The van der Waals surface area contributed by atoms with Gasteiger partial charge in [0.2, 0.25) is 0 Å². The van der Waals surface area contributed by atoms with Crippen LogP contribution >= 0.6 is 0 Å². The van der Waals surface area contributed by atoms with Gasteiger partial charge in [0.25, 0.3) is 0 Å². The van der Waals surface area contributed by atoms with E-state index in [1.807, 2.05) is 20.8 Å². The first-order valence-electron chi connectivity index (χ1n) is 5.37. The van der Waals surface area contributed by atoms with Gasteiger partial charge in [-0.1, -0.05) is 20.8 Å². The molecule has 0 aromatic rings. The lowest BCUT2D eigenvalue weighted by molar-refractivity contribution is 0.161. The molecule has 1 fully saturated rings. The van der Waals surface area contributed by atoms with Crippen LogP contribution in [-0.2, 0) is 0 Å². The van der Waals surface area contributed by atoms with Crippen LogP contribution in [0.4, 0.5) is 4.79 Å². The lowest BCUT2D eigenvalue weighted by atomic mass is 9.81. The summed E-state index contributed by atoms with van der Waals surface area (Å²) in [4.78, 5) is 13.2. The molecule has 0 radical (unpaired) electrons. The number of carbonyl (C=O) groups excluding carboxylic acids is 1. The molecule has 0 bridgehead atoms. The number of rotatable bonds is 2. The number of carbonyl (C=O) groups is 1. The number of urea groups is 1. The molecule has 4 nitrogen and oxygen atoms in total. The van der Waals surface area contributed by atoms with Crippen LogP contribution in [0.2, 0.25) is 0 Å². The van der Waals surface area contributed by atoms with Crippen molar-refractivity contribution in [1.29, 1.82) is 5.26 Å². The highest BCUT2D eigenvalue weighted by molar-refractivity contribution is 5.74. The highest BCUT2D eigenvalue weighted by Crippen LogP contribution is 2.26. The second kappa shape index (κ2) is 4.52. The van der Waals surface area contributed by atoms with E-state index in [1.54, 1.807) is 4.90 Å². The van der Waals surface area contributed by atoms with Gasteiger partial charge in [-0.15, -0.1) is 0 Å². The maximum atomic E-state index is 11.5. The topological polar surface area (TPSA) is 56.1 Å². The summed E-state index contributed by atoms with van der Waals surface area (Å²) in [5.74, 6) is -0.110. The van der Waals surface area contributed by atoms with E-state index in [-0.39, 0.29) is 17.4 Å². The van der Waals surface area contributed by atoms with Crippen LogP contribution < -0.4 is 5.32 Å². The lowest BCUT2D eigenvalue weighted by Crippen LogP contribution is -2.49. The van der Waals surface area contributed by atoms with Crippen molar-refractivity contribution >= 4 is 6.03 Å². The van der Waals surface area contributed by atoms with Crippen molar-refractivity contribution in [3.05, 3.63) is 0 Å². The number of nitrogens with zero attached hydrogens (tertiary/aromatic N) is 2. The Morgan fingerprint density at radius 3 is 2.73 bits per heavy atom. The van der Waals surface area contributed by atoms with Gasteiger partial charge in [0.1, 0.15) is 0 Å². The Morgan fingerprint density at radius 2 is 2.27 bits per heavy atom. The zero-order valence-electron chi connectivity index (χ0n) is 9.71. The molecule has 4 heteroatoms. The molecule has 1 aliphatic heterocycles. The molecule has 1 aliphatic rings. The third-order valence-electron chi connectivity index (χ3n) is 2.77. The molecule has 84 valence electrons. The molecule has 0 saturated carbocycles. The van der Waals surface area contributed by atoms with Crippen molar-refractivity contribution < 1.29 is 4.79 Å². The molecular formula is C11H19N3O. The Hall–Kier alpha value is -1.24. The second-order valence-corrected chi connectivity index (χ2v) is 5.08. The second-order valence-electron chi connectivity index (χ2n) is 5.08. The molecule has 0 aromatic heterocycles. The maximum absolute atomic E-state index is 11.5. The van der Waals surface area contributed by atoms with Gasteiger partial charge in [-0.25, -0.2) is 4.79 Å². The summed E-state index contributed by atoms with van der Waals surface area (Å²) in [7, 11) is 0. The molecule has 1 saturated heterocycles. The summed E-state index contributed by atoms with van der Waals surface area (Å²) in [6.45, 7) is 8.14. The van der Waals surface area contributed by atoms with Crippen molar-refractivity contribution in [3.8, 4) is 6.07 Å². The summed E-state index contributed by atoms with van der Waals surface area (Å²) in [6.07, 6.45) is 0.966. The first-order chi connectivity index (χ1) is 6.95. The summed E-state index contributed by atoms with van der Waals surface area (Å²) in [5, 5.41) is 11.9. The number of nitriles is 1. The molecule has 0 unspecified atom stereocenters. The van der Waals surface area contributed by atoms with Crippen molar-refractivity contribution in [2.75, 3.05) is 19.6 Å². The number of nitrogens with one attached hydrogen (secondary N) is 1. The van der Waals surface area contributed by atoms with Crippen LogP contribution in [0.15, 0.2) is 0 Å². The van der Waals surface area contributed by atoms with E-state index in [9.17, 15) is 4.79 Å². The first kappa shape index (κ1) is 11.8. The molecule has 0 aromatic carbocycles. The minimum Gasteiger partial charge on any atom is -0.338 e. The van der Waals surface area contributed by atoms with Crippen molar-refractivity contribution in [3.63, 3.8) is 0 Å². The van der Waals surface area contributed by atoms with Gasteiger partial charge in [0.15, 0.2) is 0 Å². The van der Waals surface area contributed by atoms with Gasteiger partial charge < -0.3 is 10.2 Å². The zero-order chi connectivity index (χ0) is 11.5. The van der Waals surface area contributed by atoms with Gasteiger partial charge in [-0.3, -0.25) is 0 Å². The Morgan fingerprint density at radius 1 is 1.60 bits per heavy atom. The van der Waals surface area contributed by atoms with Crippen LogP contribution in [0.5, 0.6) is 0 Å². The average Bonchev–Trinajstić information content (AvgIpc) is 2.14. The Balaban J connectivity index is 2.59. The van der Waals surface area contributed by atoms with Gasteiger partial charge in [0.05, 0.1) is 12.0 Å². The van der Waals surface area contributed by atoms with Gasteiger partial charge in [-0.2, -0.15) is 5.26 Å². The van der Waals surface area contributed by atoms with Gasteiger partial charge in [0, 0.05) is 19.6 Å². The normalized spacial score (nSPS) is 19.3. The SMILES string of the molecule is CC(C)(C)[C@H](C#N)CN1CCCNC1=O. The van der Waals surface area contributed by atoms with E-state index < -0.39 is 0 Å². The van der Waals surface area contributed by atoms with E-state index >= 15 is 0 Å². The lowest BCUT2D eigenvalue weighted by Gasteiger charge is -2.33. The van der Waals surface area contributed by atoms with Crippen LogP contribution in [0.25, 0.3) is 0 Å². The molecule has 2 amide bonds. The predicted octanol–water partition coefficient (Wildman–Crippen LogP) is 1.59. The fourth-order valence-electron chi connectivity index (χ4n) is 1.58. The minimum absolute atomic E-state index is 0.0363. The molecule has 15 heavy (non-hydrogen) atoms. The van der Waals surface area contributed by atoms with Crippen LogP contribution in [0.1, 0.15) is 27.2 Å². The molecular weight excluding hydrogens is 190 g/mol. The third kappa shape index (κ3) is 3.12. The first-order valence-corrected chi connectivity index (χ1v) is 5.37. The van der Waals surface area contributed by atoms with E-state index in [1.165, 1.54) is 0 Å². The number of amides is 2. The largest absolute Gasteiger partial charge is 0.338 e.